The predicted octanol–water partition coefficient (Wildman–Crippen LogP) is 3.78. The average molecular weight is 412 g/mol. The molecule has 0 fully saturated rings. The van der Waals surface area contributed by atoms with Crippen molar-refractivity contribution >= 4 is 52.7 Å². The molecular formula is C17H15Cl2N3O3S. The third-order valence-electron chi connectivity index (χ3n) is 3.01. The maximum atomic E-state index is 12.4. The fourth-order valence-electron chi connectivity index (χ4n) is 1.94. The van der Waals surface area contributed by atoms with Gasteiger partial charge in [-0.25, -0.2) is 4.79 Å². The summed E-state index contributed by atoms with van der Waals surface area (Å²) in [5.74, 6) is 0.0108. The van der Waals surface area contributed by atoms with Gasteiger partial charge in [-0.15, -0.1) is 0 Å². The van der Waals surface area contributed by atoms with Gasteiger partial charge in [-0.1, -0.05) is 23.2 Å². The molecule has 3 N–H and O–H groups in total. The van der Waals surface area contributed by atoms with Gasteiger partial charge in [0.1, 0.15) is 0 Å². The van der Waals surface area contributed by atoms with Crippen LogP contribution in [0, 0.1) is 0 Å². The Hall–Kier alpha value is -2.35. The molecule has 2 aromatic rings. The van der Waals surface area contributed by atoms with E-state index in [-0.39, 0.29) is 21.4 Å². The Morgan fingerprint density at radius 2 is 2.04 bits per heavy atom. The molecule has 6 nitrogen and oxygen atoms in total. The molecule has 26 heavy (non-hydrogen) atoms. The third kappa shape index (κ3) is 5.59. The van der Waals surface area contributed by atoms with Crippen LogP contribution >= 0.6 is 35.4 Å². The maximum Gasteiger partial charge on any atom is 0.345 e. The second-order valence-electron chi connectivity index (χ2n) is 4.89. The summed E-state index contributed by atoms with van der Waals surface area (Å²) in [5.41, 5.74) is 8.64. The number of ether oxygens (including phenoxy) is 2. The zero-order valence-electron chi connectivity index (χ0n) is 13.7. The lowest BCUT2D eigenvalue weighted by atomic mass is 10.2. The minimum atomic E-state index is -0.621. The molecule has 0 radical (unpaired) electrons. The Bertz CT molecular complexity index is 859. The topological polar surface area (TPSA) is 85.9 Å². The quantitative estimate of drug-likeness (QED) is 0.247. The number of benzene rings is 2. The summed E-state index contributed by atoms with van der Waals surface area (Å²) in [6, 6.07) is 9.48. The second kappa shape index (κ2) is 9.38. The van der Waals surface area contributed by atoms with Crippen LogP contribution in [0.1, 0.15) is 22.8 Å². The van der Waals surface area contributed by atoms with Gasteiger partial charge >= 0.3 is 5.97 Å². The average Bonchev–Trinajstić information content (AvgIpc) is 2.57. The molecule has 0 spiro atoms. The number of halogens is 2. The second-order valence-corrected chi connectivity index (χ2v) is 6.17. The first-order valence-corrected chi connectivity index (χ1v) is 8.59. The van der Waals surface area contributed by atoms with Crippen molar-refractivity contribution in [1.29, 1.82) is 0 Å². The highest BCUT2D eigenvalue weighted by Gasteiger charge is 2.16. The Kier molecular flexibility index (Phi) is 7.20. The molecule has 0 aliphatic heterocycles. The molecule has 0 heterocycles. The van der Waals surface area contributed by atoms with Crippen molar-refractivity contribution in [3.63, 3.8) is 0 Å². The molecule has 0 saturated heterocycles. The van der Waals surface area contributed by atoms with Crippen LogP contribution in [0.5, 0.6) is 11.5 Å². The van der Waals surface area contributed by atoms with E-state index in [0.29, 0.717) is 22.9 Å². The number of nitrogens with one attached hydrogen (secondary N) is 1. The van der Waals surface area contributed by atoms with Crippen LogP contribution in [0.15, 0.2) is 41.5 Å². The van der Waals surface area contributed by atoms with Gasteiger partial charge < -0.3 is 15.2 Å². The van der Waals surface area contributed by atoms with Crippen LogP contribution in [0.25, 0.3) is 0 Å². The zero-order valence-corrected chi connectivity index (χ0v) is 16.0. The van der Waals surface area contributed by atoms with Gasteiger partial charge in [0.25, 0.3) is 0 Å². The molecule has 2 aromatic carbocycles. The normalized spacial score (nSPS) is 10.6. The molecule has 0 aliphatic carbocycles. The van der Waals surface area contributed by atoms with Gasteiger partial charge in [0.2, 0.25) is 0 Å². The molecule has 0 atom stereocenters. The lowest BCUT2D eigenvalue weighted by molar-refractivity contribution is 0.0728. The summed E-state index contributed by atoms with van der Waals surface area (Å²) in [7, 11) is 0. The van der Waals surface area contributed by atoms with Gasteiger partial charge in [0.15, 0.2) is 16.6 Å². The lowest BCUT2D eigenvalue weighted by Crippen LogP contribution is -2.23. The van der Waals surface area contributed by atoms with E-state index in [0.717, 1.165) is 0 Å². The molecular weight excluding hydrogens is 397 g/mol. The number of carbonyl (C=O) groups excluding carboxylic acids is 1. The fraction of sp³-hybridized carbons (Fsp3) is 0.118. The number of nitrogens with zero attached hydrogens (tertiary/aromatic N) is 1. The summed E-state index contributed by atoms with van der Waals surface area (Å²) >= 11 is 16.5. The van der Waals surface area contributed by atoms with Gasteiger partial charge in [-0.05, 0) is 61.1 Å². The van der Waals surface area contributed by atoms with Crippen molar-refractivity contribution in [2.45, 2.75) is 6.92 Å². The minimum Gasteiger partial charge on any atom is -0.490 e. The first-order chi connectivity index (χ1) is 12.4. The molecule has 0 aliphatic rings. The fourth-order valence-corrected chi connectivity index (χ4v) is 2.48. The number of esters is 1. The highest BCUT2D eigenvalue weighted by atomic mass is 35.5. The van der Waals surface area contributed by atoms with E-state index in [1.165, 1.54) is 18.3 Å². The highest BCUT2D eigenvalue weighted by Crippen LogP contribution is 2.30. The van der Waals surface area contributed by atoms with Crippen molar-refractivity contribution in [2.24, 2.45) is 10.8 Å². The van der Waals surface area contributed by atoms with Crippen LogP contribution < -0.4 is 20.6 Å². The van der Waals surface area contributed by atoms with Crippen LogP contribution in [0.2, 0.25) is 10.0 Å². The number of thiocarbonyl (C=S) groups is 1. The van der Waals surface area contributed by atoms with Gasteiger partial charge in [-0.3, -0.25) is 5.43 Å². The van der Waals surface area contributed by atoms with Gasteiger partial charge in [0.05, 0.1) is 23.4 Å². The Morgan fingerprint density at radius 1 is 1.27 bits per heavy atom. The number of nitrogens with two attached hydrogens (primary N) is 1. The number of hydrogen-bond acceptors (Lipinski definition) is 5. The van der Waals surface area contributed by atoms with Crippen molar-refractivity contribution < 1.29 is 14.3 Å². The summed E-state index contributed by atoms with van der Waals surface area (Å²) in [6.45, 7) is 2.20. The number of rotatable bonds is 6. The van der Waals surface area contributed by atoms with Crippen LogP contribution in [0.4, 0.5) is 0 Å². The Balaban J connectivity index is 2.23. The van der Waals surface area contributed by atoms with Crippen LogP contribution in [-0.4, -0.2) is 23.9 Å². The SMILES string of the molecule is CCOc1cc(/C=N\NC(N)=S)ccc1OC(=O)c1ccc(Cl)cc1Cl. The lowest BCUT2D eigenvalue weighted by Gasteiger charge is -2.12. The molecule has 2 rings (SSSR count). The molecule has 0 saturated carbocycles. The first-order valence-electron chi connectivity index (χ1n) is 7.43. The summed E-state index contributed by atoms with van der Waals surface area (Å²) in [6.07, 6.45) is 1.50. The number of hydrazone groups is 1. The highest BCUT2D eigenvalue weighted by molar-refractivity contribution is 7.80. The number of hydrogen-bond donors (Lipinski definition) is 2. The minimum absolute atomic E-state index is 0.0525. The maximum absolute atomic E-state index is 12.4. The van der Waals surface area contributed by atoms with Crippen molar-refractivity contribution in [3.8, 4) is 11.5 Å². The number of carbonyl (C=O) groups is 1. The standard InChI is InChI=1S/C17H15Cl2N3O3S/c1-2-24-15-7-10(9-21-22-17(20)26)3-6-14(15)25-16(23)12-5-4-11(18)8-13(12)19/h3-9H,2H2,1H3,(H3,20,22,26)/b21-9-. The van der Waals surface area contributed by atoms with E-state index in [4.69, 9.17) is 38.4 Å². The zero-order chi connectivity index (χ0) is 19.1. The molecule has 9 heteroatoms. The van der Waals surface area contributed by atoms with Gasteiger partial charge in [0, 0.05) is 5.02 Å². The summed E-state index contributed by atoms with van der Waals surface area (Å²) in [4.78, 5) is 12.4. The molecule has 0 amide bonds. The van der Waals surface area contributed by atoms with Gasteiger partial charge in [-0.2, -0.15) is 5.10 Å². The summed E-state index contributed by atoms with van der Waals surface area (Å²) in [5, 5.41) is 4.55. The monoisotopic (exact) mass is 411 g/mol. The smallest absolute Gasteiger partial charge is 0.345 e. The van der Waals surface area contributed by atoms with E-state index < -0.39 is 5.97 Å². The van der Waals surface area contributed by atoms with Crippen molar-refractivity contribution in [2.75, 3.05) is 6.61 Å². The summed E-state index contributed by atoms with van der Waals surface area (Å²) < 4.78 is 10.9. The Labute approximate surface area is 165 Å². The molecule has 0 aromatic heterocycles. The van der Waals surface area contributed by atoms with E-state index >= 15 is 0 Å². The van der Waals surface area contributed by atoms with E-state index in [1.807, 2.05) is 6.92 Å². The van der Waals surface area contributed by atoms with E-state index in [9.17, 15) is 4.79 Å². The Morgan fingerprint density at radius 3 is 2.69 bits per heavy atom. The third-order valence-corrected chi connectivity index (χ3v) is 3.65. The largest absolute Gasteiger partial charge is 0.490 e. The van der Waals surface area contributed by atoms with E-state index in [1.54, 1.807) is 24.3 Å². The molecule has 136 valence electrons. The predicted molar refractivity (Wildman–Crippen MR) is 107 cm³/mol. The van der Waals surface area contributed by atoms with Crippen molar-refractivity contribution in [3.05, 3.63) is 57.6 Å². The van der Waals surface area contributed by atoms with Crippen LogP contribution in [0.3, 0.4) is 0 Å². The first kappa shape index (κ1) is 20.0. The molecule has 0 unspecified atom stereocenters. The van der Waals surface area contributed by atoms with Crippen molar-refractivity contribution in [1.82, 2.24) is 5.43 Å². The molecule has 0 bridgehead atoms. The van der Waals surface area contributed by atoms with E-state index in [2.05, 4.69) is 22.7 Å². The van der Waals surface area contributed by atoms with Crippen LogP contribution in [-0.2, 0) is 0 Å².